The summed E-state index contributed by atoms with van der Waals surface area (Å²) in [7, 11) is 0. The number of carbonyl (C=O) groups excluding carboxylic acids is 2. The van der Waals surface area contributed by atoms with Crippen LogP contribution in [0.5, 0.6) is 0 Å². The van der Waals surface area contributed by atoms with Crippen LogP contribution in [0.15, 0.2) is 59.8 Å². The number of benzene rings is 2. The lowest BCUT2D eigenvalue weighted by atomic mass is 9.95. The molecule has 1 aliphatic rings. The van der Waals surface area contributed by atoms with Gasteiger partial charge in [-0.15, -0.1) is 0 Å². The number of nitrogens with one attached hydrogen (secondary N) is 3. The number of urea groups is 1. The first-order chi connectivity index (χ1) is 12.8. The summed E-state index contributed by atoms with van der Waals surface area (Å²) in [5.41, 5.74) is 1.41. The molecule has 1 unspecified atom stereocenters. The van der Waals surface area contributed by atoms with Gasteiger partial charge in [0.2, 0.25) is 0 Å². The van der Waals surface area contributed by atoms with E-state index in [2.05, 4.69) is 16.0 Å². The molecule has 138 valence electrons. The van der Waals surface area contributed by atoms with E-state index in [0.29, 0.717) is 16.9 Å². The van der Waals surface area contributed by atoms with Crippen LogP contribution in [0.25, 0.3) is 0 Å². The molecule has 8 nitrogen and oxygen atoms in total. The molecule has 1 atom stereocenters. The minimum Gasteiger partial charge on any atom is -0.327 e. The summed E-state index contributed by atoms with van der Waals surface area (Å²) in [4.78, 5) is 34.8. The summed E-state index contributed by atoms with van der Waals surface area (Å²) in [6, 6.07) is 9.57. The van der Waals surface area contributed by atoms with E-state index in [4.69, 9.17) is 0 Å². The topological polar surface area (TPSA) is 113 Å². The highest BCUT2D eigenvalue weighted by Crippen LogP contribution is 2.28. The van der Waals surface area contributed by atoms with Crippen LogP contribution in [0.2, 0.25) is 0 Å². The van der Waals surface area contributed by atoms with Gasteiger partial charge in [0.25, 0.3) is 11.6 Å². The molecule has 2 aromatic rings. The third-order valence-corrected chi connectivity index (χ3v) is 4.05. The maximum absolute atomic E-state index is 13.2. The number of nitro benzene ring substituents is 1. The summed E-state index contributed by atoms with van der Waals surface area (Å²) in [5, 5.41) is 18.5. The number of nitro groups is 1. The second-order valence-corrected chi connectivity index (χ2v) is 5.88. The van der Waals surface area contributed by atoms with Gasteiger partial charge >= 0.3 is 6.03 Å². The molecule has 0 aromatic heterocycles. The summed E-state index contributed by atoms with van der Waals surface area (Å²) >= 11 is 0. The number of nitrogens with zero attached hydrogens (tertiary/aromatic N) is 1. The molecule has 0 radical (unpaired) electrons. The van der Waals surface area contributed by atoms with E-state index in [-0.39, 0.29) is 11.3 Å². The van der Waals surface area contributed by atoms with Crippen LogP contribution in [-0.4, -0.2) is 16.9 Å². The molecule has 1 aliphatic heterocycles. The molecule has 3 amide bonds. The lowest BCUT2D eigenvalue weighted by Gasteiger charge is -2.28. The molecule has 2 aromatic carbocycles. The molecule has 0 spiro atoms. The smallest absolute Gasteiger partial charge is 0.319 e. The third-order valence-electron chi connectivity index (χ3n) is 4.05. The van der Waals surface area contributed by atoms with Crippen molar-refractivity contribution in [1.82, 2.24) is 10.6 Å². The largest absolute Gasteiger partial charge is 0.327 e. The number of hydrogen-bond acceptors (Lipinski definition) is 4. The Hall–Kier alpha value is -3.75. The predicted molar refractivity (Wildman–Crippen MR) is 95.2 cm³/mol. The monoisotopic (exact) mass is 370 g/mol. The average molecular weight is 370 g/mol. The normalized spacial score (nSPS) is 16.4. The van der Waals surface area contributed by atoms with E-state index < -0.39 is 28.7 Å². The van der Waals surface area contributed by atoms with Crippen LogP contribution in [-0.2, 0) is 4.79 Å². The van der Waals surface area contributed by atoms with Gasteiger partial charge in [0, 0.05) is 23.5 Å². The summed E-state index contributed by atoms with van der Waals surface area (Å²) in [5.74, 6) is -0.931. The Morgan fingerprint density at radius 3 is 2.37 bits per heavy atom. The quantitative estimate of drug-likeness (QED) is 0.567. The van der Waals surface area contributed by atoms with E-state index in [1.807, 2.05) is 0 Å². The number of rotatable bonds is 4. The molecule has 0 bridgehead atoms. The molecule has 27 heavy (non-hydrogen) atoms. The zero-order valence-corrected chi connectivity index (χ0v) is 14.2. The zero-order valence-electron chi connectivity index (χ0n) is 14.2. The van der Waals surface area contributed by atoms with E-state index >= 15 is 0 Å². The Balaban J connectivity index is 1.89. The maximum atomic E-state index is 13.2. The Morgan fingerprint density at radius 1 is 1.15 bits per heavy atom. The molecule has 0 fully saturated rings. The minimum absolute atomic E-state index is 0.0980. The minimum atomic E-state index is -0.766. The summed E-state index contributed by atoms with van der Waals surface area (Å²) < 4.78 is 13.2. The second kappa shape index (κ2) is 7.24. The van der Waals surface area contributed by atoms with Gasteiger partial charge < -0.3 is 16.0 Å². The van der Waals surface area contributed by atoms with Gasteiger partial charge in [0.15, 0.2) is 0 Å². The summed E-state index contributed by atoms with van der Waals surface area (Å²) in [6.45, 7) is 1.58. The van der Waals surface area contributed by atoms with Crippen LogP contribution in [0.4, 0.5) is 20.6 Å². The van der Waals surface area contributed by atoms with Crippen molar-refractivity contribution < 1.29 is 18.9 Å². The van der Waals surface area contributed by atoms with Gasteiger partial charge in [0.1, 0.15) is 5.82 Å². The molecule has 0 saturated heterocycles. The zero-order chi connectivity index (χ0) is 19.6. The molecule has 3 rings (SSSR count). The van der Waals surface area contributed by atoms with Gasteiger partial charge in [-0.2, -0.15) is 0 Å². The van der Waals surface area contributed by atoms with E-state index in [9.17, 15) is 24.1 Å². The fourth-order valence-electron chi connectivity index (χ4n) is 2.77. The van der Waals surface area contributed by atoms with Gasteiger partial charge in [-0.05, 0) is 36.8 Å². The first-order valence-electron chi connectivity index (χ1n) is 7.94. The SMILES string of the molecule is CC1=C(C(=O)Nc2ccc([N+](=O)[O-])cc2)C(c2ccc(F)cc2)NC(=O)N1. The predicted octanol–water partition coefficient (Wildman–Crippen LogP) is 3.00. The van der Waals surface area contributed by atoms with Crippen LogP contribution in [0.1, 0.15) is 18.5 Å². The molecular weight excluding hydrogens is 355 g/mol. The molecule has 0 aliphatic carbocycles. The molecule has 9 heteroatoms. The maximum Gasteiger partial charge on any atom is 0.319 e. The van der Waals surface area contributed by atoms with E-state index in [1.54, 1.807) is 6.92 Å². The van der Waals surface area contributed by atoms with Gasteiger partial charge in [0.05, 0.1) is 16.5 Å². The van der Waals surface area contributed by atoms with E-state index in [1.165, 1.54) is 48.5 Å². The number of anilines is 1. The van der Waals surface area contributed by atoms with Gasteiger partial charge in [-0.3, -0.25) is 14.9 Å². The summed E-state index contributed by atoms with van der Waals surface area (Å²) in [6.07, 6.45) is 0. The highest BCUT2D eigenvalue weighted by Gasteiger charge is 2.31. The fourth-order valence-corrected chi connectivity index (χ4v) is 2.77. The molecule has 0 saturated carbocycles. The fraction of sp³-hybridized carbons (Fsp3) is 0.111. The first-order valence-corrected chi connectivity index (χ1v) is 7.94. The Morgan fingerprint density at radius 2 is 1.78 bits per heavy atom. The molecule has 3 N–H and O–H groups in total. The van der Waals surface area contributed by atoms with Gasteiger partial charge in [-0.1, -0.05) is 12.1 Å². The van der Waals surface area contributed by atoms with Crippen molar-refractivity contribution in [2.45, 2.75) is 13.0 Å². The Kier molecular flexibility index (Phi) is 4.84. The highest BCUT2D eigenvalue weighted by molar-refractivity contribution is 6.06. The van der Waals surface area contributed by atoms with Gasteiger partial charge in [-0.25, -0.2) is 9.18 Å². The molecular formula is C18H15FN4O4. The highest BCUT2D eigenvalue weighted by atomic mass is 19.1. The van der Waals surface area contributed by atoms with Crippen molar-refractivity contribution in [3.63, 3.8) is 0 Å². The number of halogens is 1. The third kappa shape index (κ3) is 3.92. The van der Waals surface area contributed by atoms with Crippen molar-refractivity contribution in [2.75, 3.05) is 5.32 Å². The number of non-ortho nitro benzene ring substituents is 1. The van der Waals surface area contributed by atoms with Crippen molar-refractivity contribution in [1.29, 1.82) is 0 Å². The number of carbonyl (C=O) groups is 2. The van der Waals surface area contributed by atoms with E-state index in [0.717, 1.165) is 0 Å². The second-order valence-electron chi connectivity index (χ2n) is 5.88. The van der Waals surface area contributed by atoms with Crippen LogP contribution in [0, 0.1) is 15.9 Å². The number of allylic oxidation sites excluding steroid dienone is 1. The lowest BCUT2D eigenvalue weighted by Crippen LogP contribution is -2.45. The van der Waals surface area contributed by atoms with Crippen molar-refractivity contribution in [3.8, 4) is 0 Å². The molecule has 1 heterocycles. The Bertz CT molecular complexity index is 939. The average Bonchev–Trinajstić information content (AvgIpc) is 2.62. The lowest BCUT2D eigenvalue weighted by molar-refractivity contribution is -0.384. The Labute approximate surface area is 153 Å². The van der Waals surface area contributed by atoms with Crippen molar-refractivity contribution in [3.05, 3.63) is 81.3 Å². The van der Waals surface area contributed by atoms with Crippen LogP contribution >= 0.6 is 0 Å². The number of amides is 3. The first kappa shape index (κ1) is 18.1. The van der Waals surface area contributed by atoms with Crippen LogP contribution in [0.3, 0.4) is 0 Å². The van der Waals surface area contributed by atoms with Crippen LogP contribution < -0.4 is 16.0 Å². The number of hydrogen-bond donors (Lipinski definition) is 3. The van der Waals surface area contributed by atoms with Crippen molar-refractivity contribution in [2.24, 2.45) is 0 Å². The standard InChI is InChI=1S/C18H15FN4O4/c1-10-15(17(24)21-13-6-8-14(9-7-13)23(26)27)16(22-18(25)20-10)11-2-4-12(19)5-3-11/h2-9,16H,1H3,(H,21,24)(H2,20,22,25). The van der Waals surface area contributed by atoms with Crippen molar-refractivity contribution >= 4 is 23.3 Å².